The minimum atomic E-state index is -4.78. The number of ether oxygens (including phenoxy) is 1. The lowest BCUT2D eigenvalue weighted by atomic mass is 9.86. The molecule has 4 N–H and O–H groups in total. The van der Waals surface area contributed by atoms with Crippen molar-refractivity contribution in [1.29, 1.82) is 0 Å². The molecule has 1 atom stereocenters. The second-order valence-corrected chi connectivity index (χ2v) is 17.4. The first kappa shape index (κ1) is 48.1. The van der Waals surface area contributed by atoms with Crippen molar-refractivity contribution < 1.29 is 41.9 Å². The van der Waals surface area contributed by atoms with Crippen LogP contribution >= 0.6 is 0 Å². The summed E-state index contributed by atoms with van der Waals surface area (Å²) in [5, 5.41) is 10.6. The van der Waals surface area contributed by atoms with Gasteiger partial charge >= 0.3 is 6.18 Å². The fourth-order valence-electron chi connectivity index (χ4n) is 8.81. The number of ketones is 1. The third kappa shape index (κ3) is 11.8. The average molecular weight is 921 g/mol. The Morgan fingerprint density at radius 1 is 0.970 bits per heavy atom. The summed E-state index contributed by atoms with van der Waals surface area (Å²) in [5.74, 6) is 5.24. The van der Waals surface area contributed by atoms with E-state index in [2.05, 4.69) is 48.0 Å². The number of alkyl halides is 3. The molecule has 0 radical (unpaired) electrons. The summed E-state index contributed by atoms with van der Waals surface area (Å²) >= 11 is 0. The highest BCUT2D eigenvalue weighted by Crippen LogP contribution is 2.40. The Labute approximate surface area is 387 Å². The fourth-order valence-corrected chi connectivity index (χ4v) is 8.81. The van der Waals surface area contributed by atoms with Crippen LogP contribution in [0.4, 0.5) is 36.3 Å². The van der Waals surface area contributed by atoms with E-state index >= 15 is 0 Å². The number of unbranched alkanes of at least 4 members (excludes halogenated alkanes) is 3. The molecule has 67 heavy (non-hydrogen) atoms. The summed E-state index contributed by atoms with van der Waals surface area (Å²) in [6.07, 6.45) is 1.49. The minimum Gasteiger partial charge on any atom is -0.489 e. The predicted molar refractivity (Wildman–Crippen MR) is 246 cm³/mol. The lowest BCUT2D eigenvalue weighted by Crippen LogP contribution is -2.52. The number of fused-ring (bicyclic) bond motifs is 1. The molecule has 1 aromatic heterocycles. The highest BCUT2D eigenvalue weighted by molar-refractivity contribution is 6.05. The van der Waals surface area contributed by atoms with Crippen molar-refractivity contribution in [3.63, 3.8) is 0 Å². The van der Waals surface area contributed by atoms with E-state index in [0.717, 1.165) is 67.4 Å². The van der Waals surface area contributed by atoms with Crippen molar-refractivity contribution >= 4 is 52.6 Å². The van der Waals surface area contributed by atoms with E-state index in [0.29, 0.717) is 49.0 Å². The molecule has 2 fully saturated rings. The Hall–Kier alpha value is -6.80. The smallest absolute Gasteiger partial charge is 0.421 e. The molecule has 7 rings (SSSR count). The topological polar surface area (TPSA) is 175 Å². The first-order valence-electron chi connectivity index (χ1n) is 22.7. The van der Waals surface area contributed by atoms with E-state index in [4.69, 9.17) is 4.74 Å². The van der Waals surface area contributed by atoms with Crippen LogP contribution in [-0.4, -0.2) is 88.0 Å². The average Bonchev–Trinajstić information content (AvgIpc) is 3.62. The van der Waals surface area contributed by atoms with Gasteiger partial charge in [0.25, 0.3) is 11.8 Å². The molecule has 4 aromatic rings. The number of hydrogen-bond acceptors (Lipinski definition) is 11. The van der Waals surface area contributed by atoms with Crippen molar-refractivity contribution in [2.45, 2.75) is 109 Å². The molecule has 4 amide bonds. The Bertz CT molecular complexity index is 2600. The number of rotatable bonds is 16. The van der Waals surface area contributed by atoms with Gasteiger partial charge in [0, 0.05) is 50.2 Å². The summed E-state index contributed by atoms with van der Waals surface area (Å²) in [5.41, 5.74) is 3.82. The van der Waals surface area contributed by atoms with Gasteiger partial charge < -0.3 is 25.6 Å². The maximum absolute atomic E-state index is 14.1. The van der Waals surface area contributed by atoms with E-state index in [-0.39, 0.29) is 59.8 Å². The normalized spacial score (nSPS) is 16.6. The number of nitrogens with zero attached hydrogens (tertiary/aromatic N) is 4. The SMILES string of the molecule is CNC(=O)c1ccccc1Nc1nc(Nc2cc(C)c(C3CCN(CC(=O)CCCCCC#Cc4cccc5c4CN(C4CCC(=O)NC4=O)C5=O)CC3)cc2OC(C)C)ncc1C(F)(F)F. The number of hydrogen-bond donors (Lipinski definition) is 4. The lowest BCUT2D eigenvalue weighted by molar-refractivity contribution is -0.138. The number of amides is 4. The zero-order chi connectivity index (χ0) is 47.8. The third-order valence-electron chi connectivity index (χ3n) is 12.2. The summed E-state index contributed by atoms with van der Waals surface area (Å²) < 4.78 is 48.7. The third-order valence-corrected chi connectivity index (χ3v) is 12.2. The molecule has 1 unspecified atom stereocenters. The molecule has 3 aliphatic rings. The van der Waals surface area contributed by atoms with Crippen LogP contribution in [-0.2, 0) is 27.1 Å². The highest BCUT2D eigenvalue weighted by Gasteiger charge is 2.40. The number of para-hydroxylation sites is 1. The van der Waals surface area contributed by atoms with E-state index in [1.165, 1.54) is 24.1 Å². The first-order chi connectivity index (χ1) is 32.1. The second kappa shape index (κ2) is 21.2. The zero-order valence-electron chi connectivity index (χ0n) is 38.1. The van der Waals surface area contributed by atoms with Crippen LogP contribution in [0.1, 0.15) is 126 Å². The summed E-state index contributed by atoms with van der Waals surface area (Å²) in [4.78, 5) is 74.6. The van der Waals surface area contributed by atoms with Crippen LogP contribution < -0.4 is 26.0 Å². The minimum absolute atomic E-state index is 0.103. The van der Waals surface area contributed by atoms with Gasteiger partial charge in [-0.25, -0.2) is 4.98 Å². The van der Waals surface area contributed by atoms with Crippen LogP contribution in [0.5, 0.6) is 5.75 Å². The van der Waals surface area contributed by atoms with Crippen LogP contribution in [0.3, 0.4) is 0 Å². The van der Waals surface area contributed by atoms with Gasteiger partial charge in [-0.1, -0.05) is 36.5 Å². The van der Waals surface area contributed by atoms with Crippen molar-refractivity contribution in [3.8, 4) is 17.6 Å². The molecule has 0 spiro atoms. The molecule has 14 nitrogen and oxygen atoms in total. The summed E-state index contributed by atoms with van der Waals surface area (Å²) in [6, 6.07) is 14.8. The number of imide groups is 1. The number of benzene rings is 3. The molecule has 4 heterocycles. The lowest BCUT2D eigenvalue weighted by Gasteiger charge is -2.33. The number of anilines is 4. The van der Waals surface area contributed by atoms with Crippen molar-refractivity contribution in [2.75, 3.05) is 37.3 Å². The summed E-state index contributed by atoms with van der Waals surface area (Å²) in [7, 11) is 1.43. The number of halogens is 3. The van der Waals surface area contributed by atoms with Gasteiger partial charge in [-0.3, -0.25) is 34.2 Å². The van der Waals surface area contributed by atoms with Gasteiger partial charge in [-0.2, -0.15) is 18.2 Å². The Morgan fingerprint density at radius 3 is 2.48 bits per heavy atom. The highest BCUT2D eigenvalue weighted by atomic mass is 19.4. The quantitative estimate of drug-likeness (QED) is 0.0488. The van der Waals surface area contributed by atoms with Gasteiger partial charge in [0.05, 0.1) is 29.6 Å². The fraction of sp³-hybridized carbons (Fsp3) is 0.420. The number of aromatic nitrogens is 2. The Balaban J connectivity index is 0.897. The van der Waals surface area contributed by atoms with Crippen LogP contribution in [0.25, 0.3) is 0 Å². The van der Waals surface area contributed by atoms with Gasteiger partial charge in [-0.05, 0) is 125 Å². The van der Waals surface area contributed by atoms with Gasteiger partial charge in [-0.15, -0.1) is 0 Å². The van der Waals surface area contributed by atoms with E-state index < -0.39 is 35.4 Å². The van der Waals surface area contributed by atoms with E-state index in [1.54, 1.807) is 24.3 Å². The molecule has 3 aliphatic heterocycles. The molecular weight excluding hydrogens is 866 g/mol. The number of likely N-dealkylation sites (tertiary alicyclic amines) is 1. The standard InChI is InChI=1S/C50H55F3N8O6/c1-30(2)67-43-26-37(31(3)25-41(43)57-49-55-27-39(50(51,52)53)45(59-49)56-40-18-11-10-16-36(40)46(64)54-4)33-21-23-60(24-22-33)28-34(62)15-9-7-5-6-8-13-32-14-12-17-35-38(32)29-61(48(35)66)42-19-20-44(63)58-47(42)65/h10-12,14,16-18,25-27,30,33,42H,5-7,9,15,19-24,28-29H2,1-4H3,(H,54,64)(H,58,63,65)(H2,55,56,57,59). The number of piperidine rings is 2. The molecule has 0 saturated carbocycles. The number of Topliss-reactive ketones (excluding diaryl/α,β-unsaturated/α-hetero) is 1. The summed E-state index contributed by atoms with van der Waals surface area (Å²) in [6.45, 7) is 7.93. The zero-order valence-corrected chi connectivity index (χ0v) is 38.1. The van der Waals surface area contributed by atoms with E-state index in [1.807, 2.05) is 39.0 Å². The van der Waals surface area contributed by atoms with Gasteiger partial charge in [0.1, 0.15) is 29.0 Å². The number of carbonyl (C=O) groups excluding carboxylic acids is 5. The van der Waals surface area contributed by atoms with Crippen LogP contribution in [0.2, 0.25) is 0 Å². The van der Waals surface area contributed by atoms with Crippen LogP contribution in [0.15, 0.2) is 60.8 Å². The first-order valence-corrected chi connectivity index (χ1v) is 22.7. The molecule has 0 bridgehead atoms. The Kier molecular flexibility index (Phi) is 15.3. The Morgan fingerprint density at radius 2 is 1.75 bits per heavy atom. The van der Waals surface area contributed by atoms with Gasteiger partial charge in [0.2, 0.25) is 17.8 Å². The molecule has 0 aliphatic carbocycles. The molecule has 352 valence electrons. The molecular formula is C50H55F3N8O6. The monoisotopic (exact) mass is 920 g/mol. The molecule has 2 saturated heterocycles. The van der Waals surface area contributed by atoms with Crippen molar-refractivity contribution in [3.05, 3.63) is 99.7 Å². The van der Waals surface area contributed by atoms with Crippen molar-refractivity contribution in [1.82, 2.24) is 30.4 Å². The number of aryl methyl sites for hydroxylation is 1. The number of nitrogens with one attached hydrogen (secondary N) is 4. The molecule has 3 aromatic carbocycles. The maximum atomic E-state index is 14.1. The van der Waals surface area contributed by atoms with Gasteiger partial charge in [0.15, 0.2) is 0 Å². The van der Waals surface area contributed by atoms with Crippen molar-refractivity contribution in [2.24, 2.45) is 0 Å². The molecule has 17 heteroatoms. The number of carbonyl (C=O) groups is 5. The second-order valence-electron chi connectivity index (χ2n) is 17.4. The predicted octanol–water partition coefficient (Wildman–Crippen LogP) is 7.95. The van der Waals surface area contributed by atoms with E-state index in [9.17, 15) is 37.1 Å². The van der Waals surface area contributed by atoms with Crippen LogP contribution in [0, 0.1) is 18.8 Å². The largest absolute Gasteiger partial charge is 0.489 e. The maximum Gasteiger partial charge on any atom is 0.421 e.